The lowest BCUT2D eigenvalue weighted by Crippen LogP contribution is -2.23. The summed E-state index contributed by atoms with van der Waals surface area (Å²) in [4.78, 5) is 6.74. The number of halogens is 1. The Labute approximate surface area is 144 Å². The Morgan fingerprint density at radius 2 is 2.04 bits per heavy atom. The Balaban J connectivity index is 1.97. The Morgan fingerprint density at radius 1 is 1.26 bits per heavy atom. The third-order valence-corrected chi connectivity index (χ3v) is 4.33. The standard InChI is InChI=1S/C18H20BrN3O/c1-11(2)10-22(3)15-8-7-12(9-14(15)20)18-21-17-13(19)5-4-6-16(17)23-18/h4-9,11H,10,20H2,1-3H3. The number of nitrogens with zero attached hydrogens (tertiary/aromatic N) is 2. The smallest absolute Gasteiger partial charge is 0.227 e. The monoisotopic (exact) mass is 373 g/mol. The van der Waals surface area contributed by atoms with E-state index in [9.17, 15) is 0 Å². The lowest BCUT2D eigenvalue weighted by Gasteiger charge is -2.23. The number of benzene rings is 2. The molecule has 0 saturated heterocycles. The van der Waals surface area contributed by atoms with E-state index >= 15 is 0 Å². The number of hydrogen-bond acceptors (Lipinski definition) is 4. The maximum atomic E-state index is 6.24. The summed E-state index contributed by atoms with van der Waals surface area (Å²) < 4.78 is 6.77. The van der Waals surface area contributed by atoms with Crippen molar-refractivity contribution in [3.63, 3.8) is 0 Å². The lowest BCUT2D eigenvalue weighted by atomic mass is 10.1. The van der Waals surface area contributed by atoms with E-state index in [1.54, 1.807) is 0 Å². The van der Waals surface area contributed by atoms with Gasteiger partial charge in [0.1, 0.15) is 5.52 Å². The number of anilines is 2. The number of hydrogen-bond donors (Lipinski definition) is 1. The number of fused-ring (bicyclic) bond motifs is 1. The number of nitrogens with two attached hydrogens (primary N) is 1. The van der Waals surface area contributed by atoms with Crippen LogP contribution in [-0.2, 0) is 0 Å². The zero-order valence-corrected chi connectivity index (χ0v) is 15.1. The third-order valence-electron chi connectivity index (χ3n) is 3.69. The third kappa shape index (κ3) is 3.20. The number of oxazole rings is 1. The topological polar surface area (TPSA) is 55.3 Å². The molecule has 0 unspecified atom stereocenters. The van der Waals surface area contributed by atoms with Gasteiger partial charge in [-0.2, -0.15) is 0 Å². The second kappa shape index (κ2) is 6.24. The highest BCUT2D eigenvalue weighted by Crippen LogP contribution is 2.32. The first-order chi connectivity index (χ1) is 11.0. The van der Waals surface area contributed by atoms with Gasteiger partial charge in [0, 0.05) is 23.6 Å². The van der Waals surface area contributed by atoms with Crippen molar-refractivity contribution < 1.29 is 4.42 Å². The largest absolute Gasteiger partial charge is 0.436 e. The van der Waals surface area contributed by atoms with Crippen LogP contribution in [0, 0.1) is 5.92 Å². The van der Waals surface area contributed by atoms with E-state index in [2.05, 4.69) is 46.7 Å². The highest BCUT2D eigenvalue weighted by Gasteiger charge is 2.13. The van der Waals surface area contributed by atoms with E-state index in [-0.39, 0.29) is 0 Å². The molecule has 120 valence electrons. The van der Waals surface area contributed by atoms with Gasteiger partial charge in [-0.15, -0.1) is 0 Å². The molecule has 2 aromatic carbocycles. The van der Waals surface area contributed by atoms with Crippen molar-refractivity contribution in [3.8, 4) is 11.5 Å². The summed E-state index contributed by atoms with van der Waals surface area (Å²) in [7, 11) is 2.06. The van der Waals surface area contributed by atoms with Gasteiger partial charge in [0.2, 0.25) is 5.89 Å². The van der Waals surface area contributed by atoms with Crippen molar-refractivity contribution in [2.75, 3.05) is 24.2 Å². The van der Waals surface area contributed by atoms with Crippen LogP contribution in [0.2, 0.25) is 0 Å². The average molecular weight is 374 g/mol. The molecule has 0 saturated carbocycles. The van der Waals surface area contributed by atoms with Crippen LogP contribution in [0.25, 0.3) is 22.6 Å². The molecule has 1 aromatic heterocycles. The minimum Gasteiger partial charge on any atom is -0.436 e. The number of rotatable bonds is 4. The first-order valence-electron chi connectivity index (χ1n) is 7.62. The van der Waals surface area contributed by atoms with Gasteiger partial charge >= 0.3 is 0 Å². The zero-order chi connectivity index (χ0) is 16.6. The SMILES string of the molecule is CC(C)CN(C)c1ccc(-c2nc3c(Br)cccc3o2)cc1N. The minimum atomic E-state index is 0.577. The molecule has 0 fully saturated rings. The molecule has 1 heterocycles. The number of para-hydroxylation sites is 1. The summed E-state index contributed by atoms with van der Waals surface area (Å²) in [5.74, 6) is 1.16. The fourth-order valence-corrected chi connectivity index (χ4v) is 3.16. The number of aromatic nitrogens is 1. The summed E-state index contributed by atoms with van der Waals surface area (Å²) in [6.45, 7) is 5.34. The predicted molar refractivity (Wildman–Crippen MR) is 99.7 cm³/mol. The van der Waals surface area contributed by atoms with Crippen molar-refractivity contribution in [1.29, 1.82) is 0 Å². The van der Waals surface area contributed by atoms with E-state index in [1.807, 2.05) is 36.4 Å². The van der Waals surface area contributed by atoms with Crippen LogP contribution in [0.15, 0.2) is 45.3 Å². The maximum absolute atomic E-state index is 6.24. The van der Waals surface area contributed by atoms with Gasteiger partial charge < -0.3 is 15.1 Å². The Hall–Kier alpha value is -2.01. The minimum absolute atomic E-state index is 0.577. The first kappa shape index (κ1) is 15.9. The van der Waals surface area contributed by atoms with Crippen molar-refractivity contribution in [2.45, 2.75) is 13.8 Å². The quantitative estimate of drug-likeness (QED) is 0.658. The average Bonchev–Trinajstić information content (AvgIpc) is 2.92. The fourth-order valence-electron chi connectivity index (χ4n) is 2.72. The van der Waals surface area contributed by atoms with Gasteiger partial charge in [-0.3, -0.25) is 0 Å². The molecule has 2 N–H and O–H groups in total. The number of nitrogen functional groups attached to an aromatic ring is 1. The molecule has 0 radical (unpaired) electrons. The van der Waals surface area contributed by atoms with Crippen LogP contribution < -0.4 is 10.6 Å². The second-order valence-electron chi connectivity index (χ2n) is 6.15. The van der Waals surface area contributed by atoms with Crippen LogP contribution in [0.4, 0.5) is 11.4 Å². The van der Waals surface area contributed by atoms with E-state index in [0.717, 1.165) is 39.1 Å². The van der Waals surface area contributed by atoms with E-state index in [4.69, 9.17) is 10.2 Å². The zero-order valence-electron chi connectivity index (χ0n) is 13.5. The van der Waals surface area contributed by atoms with E-state index in [1.165, 1.54) is 0 Å². The molecule has 0 aliphatic heterocycles. The summed E-state index contributed by atoms with van der Waals surface area (Å²) in [6.07, 6.45) is 0. The fraction of sp³-hybridized carbons (Fsp3) is 0.278. The molecular formula is C18H20BrN3O. The van der Waals surface area contributed by atoms with Gasteiger partial charge in [-0.05, 0) is 52.2 Å². The van der Waals surface area contributed by atoms with Crippen molar-refractivity contribution >= 4 is 38.4 Å². The molecule has 4 nitrogen and oxygen atoms in total. The molecule has 23 heavy (non-hydrogen) atoms. The highest BCUT2D eigenvalue weighted by molar-refractivity contribution is 9.10. The molecule has 0 bridgehead atoms. The Bertz CT molecular complexity index is 841. The second-order valence-corrected chi connectivity index (χ2v) is 7.01. The van der Waals surface area contributed by atoms with Crippen LogP contribution in [0.3, 0.4) is 0 Å². The summed E-state index contributed by atoms with van der Waals surface area (Å²) >= 11 is 3.50. The van der Waals surface area contributed by atoms with Crippen molar-refractivity contribution in [1.82, 2.24) is 4.98 Å². The molecule has 0 spiro atoms. The maximum Gasteiger partial charge on any atom is 0.227 e. The van der Waals surface area contributed by atoms with Crippen molar-refractivity contribution in [2.24, 2.45) is 5.92 Å². The molecule has 5 heteroatoms. The normalized spacial score (nSPS) is 11.3. The highest BCUT2D eigenvalue weighted by atomic mass is 79.9. The lowest BCUT2D eigenvalue weighted by molar-refractivity contribution is 0.619. The summed E-state index contributed by atoms with van der Waals surface area (Å²) in [6, 6.07) is 11.7. The van der Waals surface area contributed by atoms with Gasteiger partial charge in [-0.1, -0.05) is 19.9 Å². The van der Waals surface area contributed by atoms with Crippen LogP contribution in [0.5, 0.6) is 0 Å². The van der Waals surface area contributed by atoms with Crippen LogP contribution >= 0.6 is 15.9 Å². The molecular weight excluding hydrogens is 354 g/mol. The Morgan fingerprint density at radius 3 is 2.70 bits per heavy atom. The molecule has 0 atom stereocenters. The molecule has 0 aliphatic carbocycles. The van der Waals surface area contributed by atoms with Gasteiger partial charge in [0.05, 0.1) is 11.4 Å². The predicted octanol–water partition coefficient (Wildman–Crippen LogP) is 4.93. The van der Waals surface area contributed by atoms with Crippen LogP contribution in [-0.4, -0.2) is 18.6 Å². The van der Waals surface area contributed by atoms with Gasteiger partial charge in [0.25, 0.3) is 0 Å². The molecule has 3 rings (SSSR count). The summed E-state index contributed by atoms with van der Waals surface area (Å²) in [5.41, 5.74) is 10.5. The Kier molecular flexibility index (Phi) is 4.31. The molecule has 0 aliphatic rings. The van der Waals surface area contributed by atoms with E-state index in [0.29, 0.717) is 11.8 Å². The van der Waals surface area contributed by atoms with Crippen molar-refractivity contribution in [3.05, 3.63) is 40.9 Å². The van der Waals surface area contributed by atoms with Gasteiger partial charge in [0.15, 0.2) is 5.58 Å². The molecule has 3 aromatic rings. The molecule has 0 amide bonds. The van der Waals surface area contributed by atoms with E-state index < -0.39 is 0 Å². The summed E-state index contributed by atoms with van der Waals surface area (Å²) in [5, 5.41) is 0. The first-order valence-corrected chi connectivity index (χ1v) is 8.41. The van der Waals surface area contributed by atoms with Gasteiger partial charge in [-0.25, -0.2) is 4.98 Å². The van der Waals surface area contributed by atoms with Crippen LogP contribution in [0.1, 0.15) is 13.8 Å².